The number of thiocarbonyl (C=S) groups is 1. The minimum atomic E-state index is -0.194. The normalized spacial score (nSPS) is 18.3. The number of hydrogen-bond donors (Lipinski definition) is 2. The standard InChI is InChI=1S/C25H29N5O2S/c1-25(2,3)29-14-12-17(15-29)23-22(20-7-5-6-13-26-20)28-24(33)30(23)19-10-8-18(9-11-19)27-21(31)16-32-4/h5-15,22-23H,16H2,1-4H3,(H,27,31)(H,28,33). The zero-order chi connectivity index (χ0) is 23.6. The highest BCUT2D eigenvalue weighted by Crippen LogP contribution is 2.42. The number of carbonyl (C=O) groups excluding carboxylic acids is 1. The highest BCUT2D eigenvalue weighted by atomic mass is 32.1. The van der Waals surface area contributed by atoms with Crippen LogP contribution in [0.1, 0.15) is 44.1 Å². The summed E-state index contributed by atoms with van der Waals surface area (Å²) >= 11 is 5.79. The second-order valence-corrected chi connectivity index (χ2v) is 9.43. The maximum absolute atomic E-state index is 11.8. The van der Waals surface area contributed by atoms with E-state index in [2.05, 4.69) is 64.3 Å². The number of nitrogens with zero attached hydrogens (tertiary/aromatic N) is 3. The van der Waals surface area contributed by atoms with E-state index in [0.717, 1.165) is 16.9 Å². The molecule has 1 aromatic carbocycles. The summed E-state index contributed by atoms with van der Waals surface area (Å²) < 4.78 is 7.10. The van der Waals surface area contributed by atoms with Crippen LogP contribution >= 0.6 is 12.2 Å². The van der Waals surface area contributed by atoms with Crippen molar-refractivity contribution in [1.82, 2.24) is 14.9 Å². The molecule has 3 heterocycles. The van der Waals surface area contributed by atoms with Crippen LogP contribution in [0.4, 0.5) is 11.4 Å². The summed E-state index contributed by atoms with van der Waals surface area (Å²) in [6.45, 7) is 6.55. The van der Waals surface area contributed by atoms with Crippen molar-refractivity contribution < 1.29 is 9.53 Å². The highest BCUT2D eigenvalue weighted by molar-refractivity contribution is 7.80. The molecular formula is C25H29N5O2S. The molecule has 1 amide bonds. The van der Waals surface area contributed by atoms with Crippen LogP contribution in [0.2, 0.25) is 0 Å². The van der Waals surface area contributed by atoms with Gasteiger partial charge in [-0.15, -0.1) is 0 Å². The molecule has 1 saturated heterocycles. The van der Waals surface area contributed by atoms with Gasteiger partial charge in [0.1, 0.15) is 6.61 Å². The zero-order valence-electron chi connectivity index (χ0n) is 19.3. The minimum absolute atomic E-state index is 0.0144. The van der Waals surface area contributed by atoms with Gasteiger partial charge in [-0.25, -0.2) is 0 Å². The van der Waals surface area contributed by atoms with Gasteiger partial charge in [0.2, 0.25) is 5.91 Å². The summed E-state index contributed by atoms with van der Waals surface area (Å²) in [5.41, 5.74) is 3.68. The largest absolute Gasteiger partial charge is 0.375 e. The van der Waals surface area contributed by atoms with Crippen LogP contribution in [0.3, 0.4) is 0 Å². The van der Waals surface area contributed by atoms with Crippen LogP contribution in [0.15, 0.2) is 67.1 Å². The van der Waals surface area contributed by atoms with Crippen LogP contribution in [0.25, 0.3) is 0 Å². The Labute approximate surface area is 199 Å². The molecule has 2 unspecified atom stereocenters. The first kappa shape index (κ1) is 22.9. The predicted molar refractivity (Wildman–Crippen MR) is 134 cm³/mol. The first-order chi connectivity index (χ1) is 15.8. The number of hydrogen-bond acceptors (Lipinski definition) is 4. The molecule has 0 saturated carbocycles. The third kappa shape index (κ3) is 4.91. The molecule has 7 nitrogen and oxygen atoms in total. The smallest absolute Gasteiger partial charge is 0.250 e. The maximum Gasteiger partial charge on any atom is 0.250 e. The van der Waals surface area contributed by atoms with E-state index in [1.807, 2.05) is 42.5 Å². The van der Waals surface area contributed by atoms with E-state index in [9.17, 15) is 4.79 Å². The van der Waals surface area contributed by atoms with Gasteiger partial charge in [-0.2, -0.15) is 0 Å². The van der Waals surface area contributed by atoms with Gasteiger partial charge in [0.05, 0.1) is 17.8 Å². The zero-order valence-corrected chi connectivity index (χ0v) is 20.1. The van der Waals surface area contributed by atoms with Gasteiger partial charge in [0.15, 0.2) is 5.11 Å². The Balaban J connectivity index is 1.70. The number of aromatic nitrogens is 2. The third-order valence-corrected chi connectivity index (χ3v) is 5.95. The van der Waals surface area contributed by atoms with Gasteiger partial charge >= 0.3 is 0 Å². The number of benzene rings is 1. The topological polar surface area (TPSA) is 71.4 Å². The second-order valence-electron chi connectivity index (χ2n) is 9.05. The molecule has 8 heteroatoms. The van der Waals surface area contributed by atoms with Crippen molar-refractivity contribution in [3.8, 4) is 0 Å². The molecule has 33 heavy (non-hydrogen) atoms. The van der Waals surface area contributed by atoms with E-state index < -0.39 is 0 Å². The van der Waals surface area contributed by atoms with Gasteiger partial charge < -0.3 is 24.8 Å². The SMILES string of the molecule is COCC(=O)Nc1ccc(N2C(=S)NC(c3ccccn3)C2c2ccn(C(C)(C)C)c2)cc1. The van der Waals surface area contributed by atoms with E-state index in [1.54, 1.807) is 6.20 Å². The molecule has 0 aliphatic carbocycles. The lowest BCUT2D eigenvalue weighted by Gasteiger charge is -2.28. The number of amides is 1. The molecule has 0 spiro atoms. The number of ether oxygens (including phenoxy) is 1. The summed E-state index contributed by atoms with van der Waals surface area (Å²) in [5, 5.41) is 6.94. The van der Waals surface area contributed by atoms with Crippen LogP contribution in [0, 0.1) is 0 Å². The number of pyridine rings is 1. The van der Waals surface area contributed by atoms with Crippen LogP contribution in [-0.4, -0.2) is 34.3 Å². The fraction of sp³-hybridized carbons (Fsp3) is 0.320. The molecule has 0 bridgehead atoms. The molecule has 4 rings (SSSR count). The Kier molecular flexibility index (Phi) is 6.49. The Hall–Kier alpha value is -3.23. The lowest BCUT2D eigenvalue weighted by molar-refractivity contribution is -0.119. The molecule has 3 aromatic rings. The van der Waals surface area contributed by atoms with E-state index in [1.165, 1.54) is 7.11 Å². The number of nitrogens with one attached hydrogen (secondary N) is 2. The Morgan fingerprint density at radius 3 is 2.55 bits per heavy atom. The van der Waals surface area contributed by atoms with Gasteiger partial charge in [0.25, 0.3) is 0 Å². The molecular weight excluding hydrogens is 434 g/mol. The third-order valence-electron chi connectivity index (χ3n) is 5.63. The summed E-state index contributed by atoms with van der Waals surface area (Å²) in [6, 6.07) is 15.6. The van der Waals surface area contributed by atoms with Crippen molar-refractivity contribution in [2.75, 3.05) is 23.9 Å². The van der Waals surface area contributed by atoms with Crippen molar-refractivity contribution in [1.29, 1.82) is 0 Å². The van der Waals surface area contributed by atoms with Gasteiger partial charge in [-0.05, 0) is 81.0 Å². The van der Waals surface area contributed by atoms with Crippen LogP contribution < -0.4 is 15.5 Å². The minimum Gasteiger partial charge on any atom is -0.375 e. The lowest BCUT2D eigenvalue weighted by atomic mass is 9.98. The van der Waals surface area contributed by atoms with Crippen molar-refractivity contribution in [3.63, 3.8) is 0 Å². The van der Waals surface area contributed by atoms with Gasteiger partial charge in [0, 0.05) is 42.6 Å². The first-order valence-corrected chi connectivity index (χ1v) is 11.3. The van der Waals surface area contributed by atoms with E-state index >= 15 is 0 Å². The quantitative estimate of drug-likeness (QED) is 0.528. The number of carbonyl (C=O) groups is 1. The monoisotopic (exact) mass is 463 g/mol. The molecule has 2 atom stereocenters. The van der Waals surface area contributed by atoms with Crippen LogP contribution in [-0.2, 0) is 15.1 Å². The summed E-state index contributed by atoms with van der Waals surface area (Å²) in [5.74, 6) is -0.194. The summed E-state index contributed by atoms with van der Waals surface area (Å²) in [6.07, 6.45) is 6.10. The number of anilines is 2. The molecule has 1 aliphatic heterocycles. The van der Waals surface area contributed by atoms with E-state index in [4.69, 9.17) is 17.0 Å². The predicted octanol–water partition coefficient (Wildman–Crippen LogP) is 4.40. The molecule has 1 fully saturated rings. The Morgan fingerprint density at radius 1 is 1.18 bits per heavy atom. The molecule has 2 aromatic heterocycles. The fourth-order valence-corrected chi connectivity index (χ4v) is 4.36. The van der Waals surface area contributed by atoms with Crippen molar-refractivity contribution in [2.24, 2.45) is 0 Å². The summed E-state index contributed by atoms with van der Waals surface area (Å²) in [4.78, 5) is 18.6. The average molecular weight is 464 g/mol. The molecule has 1 aliphatic rings. The second kappa shape index (κ2) is 9.33. The fourth-order valence-electron chi connectivity index (χ4n) is 4.01. The Bertz CT molecular complexity index is 1120. The number of rotatable bonds is 6. The number of methoxy groups -OCH3 is 1. The van der Waals surface area contributed by atoms with E-state index in [-0.39, 0.29) is 30.1 Å². The van der Waals surface area contributed by atoms with Gasteiger partial charge in [-0.3, -0.25) is 9.78 Å². The van der Waals surface area contributed by atoms with Crippen molar-refractivity contribution >= 4 is 34.6 Å². The average Bonchev–Trinajstić information content (AvgIpc) is 3.40. The molecule has 2 N–H and O–H groups in total. The summed E-state index contributed by atoms with van der Waals surface area (Å²) in [7, 11) is 1.50. The highest BCUT2D eigenvalue weighted by Gasteiger charge is 2.41. The maximum atomic E-state index is 11.8. The van der Waals surface area contributed by atoms with Crippen molar-refractivity contribution in [3.05, 3.63) is 78.4 Å². The van der Waals surface area contributed by atoms with Crippen molar-refractivity contribution in [2.45, 2.75) is 38.4 Å². The lowest BCUT2D eigenvalue weighted by Crippen LogP contribution is -2.29. The Morgan fingerprint density at radius 2 is 1.94 bits per heavy atom. The first-order valence-electron chi connectivity index (χ1n) is 10.9. The molecule has 0 radical (unpaired) electrons. The van der Waals surface area contributed by atoms with E-state index in [0.29, 0.717) is 10.8 Å². The van der Waals surface area contributed by atoms with Gasteiger partial charge in [-0.1, -0.05) is 6.07 Å². The molecule has 172 valence electrons. The van der Waals surface area contributed by atoms with Crippen LogP contribution in [0.5, 0.6) is 0 Å².